The highest BCUT2D eigenvalue weighted by atomic mass is 19.1. The minimum absolute atomic E-state index is 0.265. The summed E-state index contributed by atoms with van der Waals surface area (Å²) in [6, 6.07) is 17.9. The fourth-order valence-corrected chi connectivity index (χ4v) is 2.77. The van der Waals surface area contributed by atoms with Crippen molar-refractivity contribution in [1.82, 2.24) is 10.2 Å². The first-order valence-electron chi connectivity index (χ1n) is 7.34. The van der Waals surface area contributed by atoms with E-state index in [1.165, 1.54) is 6.07 Å². The third kappa shape index (κ3) is 2.22. The number of anilines is 1. The van der Waals surface area contributed by atoms with E-state index >= 15 is 0 Å². The lowest BCUT2D eigenvalue weighted by atomic mass is 9.99. The summed E-state index contributed by atoms with van der Waals surface area (Å²) in [7, 11) is 0. The molecule has 5 heteroatoms. The molecule has 3 N–H and O–H groups in total. The predicted octanol–water partition coefficient (Wildman–Crippen LogP) is 4.56. The number of rotatable bonds is 2. The van der Waals surface area contributed by atoms with Crippen LogP contribution < -0.4 is 5.73 Å². The molecule has 117 valence electrons. The largest absolute Gasteiger partial charge is 0.382 e. The molecule has 0 aliphatic rings. The topological polar surface area (TPSA) is 54.7 Å². The van der Waals surface area contributed by atoms with Crippen LogP contribution in [-0.4, -0.2) is 10.2 Å². The summed E-state index contributed by atoms with van der Waals surface area (Å²) in [5.41, 5.74) is 8.24. The molecule has 3 nitrogen and oxygen atoms in total. The van der Waals surface area contributed by atoms with Gasteiger partial charge >= 0.3 is 0 Å². The van der Waals surface area contributed by atoms with Gasteiger partial charge in [0, 0.05) is 22.6 Å². The number of H-pyrrole nitrogens is 1. The summed E-state index contributed by atoms with van der Waals surface area (Å²) < 4.78 is 28.5. The van der Waals surface area contributed by atoms with E-state index in [1.54, 1.807) is 48.5 Å². The van der Waals surface area contributed by atoms with Gasteiger partial charge in [0.1, 0.15) is 11.3 Å². The SMILES string of the molecule is Nc1n[nH]c2c(F)c(-c3ccc(-c4ccc[c]c4F)cc3)ccc12. The number of halogens is 2. The molecule has 0 saturated carbocycles. The maximum Gasteiger partial charge on any atom is 0.156 e. The van der Waals surface area contributed by atoms with E-state index in [4.69, 9.17) is 5.73 Å². The van der Waals surface area contributed by atoms with E-state index in [-0.39, 0.29) is 11.3 Å². The molecule has 0 bridgehead atoms. The highest BCUT2D eigenvalue weighted by molar-refractivity contribution is 5.92. The number of aromatic amines is 1. The zero-order chi connectivity index (χ0) is 16.7. The van der Waals surface area contributed by atoms with Gasteiger partial charge in [-0.3, -0.25) is 5.10 Å². The van der Waals surface area contributed by atoms with Crippen molar-refractivity contribution in [3.05, 3.63) is 72.3 Å². The van der Waals surface area contributed by atoms with Crippen molar-refractivity contribution in [2.45, 2.75) is 0 Å². The predicted molar refractivity (Wildman–Crippen MR) is 90.1 cm³/mol. The number of benzene rings is 3. The van der Waals surface area contributed by atoms with E-state index in [1.807, 2.05) is 0 Å². The van der Waals surface area contributed by atoms with Gasteiger partial charge in [-0.15, -0.1) is 0 Å². The van der Waals surface area contributed by atoms with Crippen molar-refractivity contribution in [1.29, 1.82) is 0 Å². The average Bonchev–Trinajstić information content (AvgIpc) is 2.98. The van der Waals surface area contributed by atoms with Crippen LogP contribution in [0.2, 0.25) is 0 Å². The van der Waals surface area contributed by atoms with Gasteiger partial charge < -0.3 is 5.73 Å². The fourth-order valence-electron chi connectivity index (χ4n) is 2.77. The van der Waals surface area contributed by atoms with Crippen molar-refractivity contribution in [3.8, 4) is 22.3 Å². The van der Waals surface area contributed by atoms with Crippen molar-refractivity contribution >= 4 is 16.7 Å². The van der Waals surface area contributed by atoms with E-state index in [9.17, 15) is 8.78 Å². The Bertz CT molecular complexity index is 1040. The van der Waals surface area contributed by atoms with Gasteiger partial charge in [-0.2, -0.15) is 5.10 Å². The van der Waals surface area contributed by atoms with E-state index in [0.29, 0.717) is 27.6 Å². The summed E-state index contributed by atoms with van der Waals surface area (Å²) in [6.07, 6.45) is 0. The lowest BCUT2D eigenvalue weighted by molar-refractivity contribution is 0.629. The molecule has 1 heterocycles. The highest BCUT2D eigenvalue weighted by Gasteiger charge is 2.13. The van der Waals surface area contributed by atoms with Crippen LogP contribution in [0, 0.1) is 17.7 Å². The number of nitrogens with zero attached hydrogens (tertiary/aromatic N) is 1. The lowest BCUT2D eigenvalue weighted by Gasteiger charge is -2.07. The lowest BCUT2D eigenvalue weighted by Crippen LogP contribution is -1.88. The van der Waals surface area contributed by atoms with Crippen LogP contribution in [0.4, 0.5) is 14.6 Å². The zero-order valence-corrected chi connectivity index (χ0v) is 12.5. The Morgan fingerprint density at radius 1 is 0.917 bits per heavy atom. The first-order valence-corrected chi connectivity index (χ1v) is 7.34. The zero-order valence-electron chi connectivity index (χ0n) is 12.5. The molecule has 1 aromatic heterocycles. The standard InChI is InChI=1S/C19H12F2N3/c20-16-4-2-1-3-13(16)11-5-7-12(8-6-11)14-9-10-15-18(17(14)21)23-24-19(15)22/h1-3,5-10H,(H3,22,23,24). The van der Waals surface area contributed by atoms with Crippen LogP contribution in [0.25, 0.3) is 33.2 Å². The second kappa shape index (κ2) is 5.45. The molecule has 24 heavy (non-hydrogen) atoms. The molecule has 0 aliphatic carbocycles. The summed E-state index contributed by atoms with van der Waals surface area (Å²) in [5.74, 6) is -0.559. The Morgan fingerprint density at radius 3 is 2.33 bits per heavy atom. The highest BCUT2D eigenvalue weighted by Crippen LogP contribution is 2.31. The second-order valence-electron chi connectivity index (χ2n) is 5.43. The molecular weight excluding hydrogens is 308 g/mol. The summed E-state index contributed by atoms with van der Waals surface area (Å²) in [6.45, 7) is 0. The Balaban J connectivity index is 1.78. The Labute approximate surface area is 136 Å². The molecule has 0 amide bonds. The van der Waals surface area contributed by atoms with Crippen LogP contribution in [0.3, 0.4) is 0 Å². The Hall–Kier alpha value is -3.21. The minimum atomic E-state index is -0.413. The van der Waals surface area contributed by atoms with Gasteiger partial charge in [0.15, 0.2) is 11.6 Å². The van der Waals surface area contributed by atoms with Crippen LogP contribution in [0.1, 0.15) is 0 Å². The molecule has 3 aromatic carbocycles. The Kier molecular flexibility index (Phi) is 3.27. The van der Waals surface area contributed by atoms with Crippen LogP contribution in [0.15, 0.2) is 54.6 Å². The van der Waals surface area contributed by atoms with Gasteiger partial charge in [0.05, 0.1) is 0 Å². The van der Waals surface area contributed by atoms with Crippen LogP contribution >= 0.6 is 0 Å². The molecule has 0 spiro atoms. The summed E-state index contributed by atoms with van der Waals surface area (Å²) >= 11 is 0. The molecule has 4 rings (SSSR count). The molecular formula is C19H12F2N3. The maximum atomic E-state index is 14.7. The number of nitrogens with one attached hydrogen (secondary N) is 1. The van der Waals surface area contributed by atoms with Gasteiger partial charge in [0.2, 0.25) is 0 Å². The molecule has 1 radical (unpaired) electrons. The second-order valence-corrected chi connectivity index (χ2v) is 5.43. The van der Waals surface area contributed by atoms with Crippen LogP contribution in [-0.2, 0) is 0 Å². The number of aromatic nitrogens is 2. The normalized spacial score (nSPS) is 11.1. The number of nitrogen functional groups attached to an aromatic ring is 1. The minimum Gasteiger partial charge on any atom is -0.382 e. The Morgan fingerprint density at radius 2 is 1.62 bits per heavy atom. The maximum absolute atomic E-state index is 14.7. The van der Waals surface area contributed by atoms with E-state index in [0.717, 1.165) is 0 Å². The number of nitrogens with two attached hydrogens (primary N) is 1. The number of fused-ring (bicyclic) bond motifs is 1. The third-order valence-electron chi connectivity index (χ3n) is 4.02. The third-order valence-corrected chi connectivity index (χ3v) is 4.02. The van der Waals surface area contributed by atoms with Crippen LogP contribution in [0.5, 0.6) is 0 Å². The number of hydrogen-bond donors (Lipinski definition) is 2. The first-order chi connectivity index (χ1) is 11.6. The molecule has 0 unspecified atom stereocenters. The first kappa shape index (κ1) is 14.4. The molecule has 0 fully saturated rings. The van der Waals surface area contributed by atoms with Gasteiger partial charge in [-0.05, 0) is 17.2 Å². The van der Waals surface area contributed by atoms with E-state index in [2.05, 4.69) is 16.3 Å². The fraction of sp³-hybridized carbons (Fsp3) is 0. The summed E-state index contributed by atoms with van der Waals surface area (Å²) in [5, 5.41) is 6.98. The quantitative estimate of drug-likeness (QED) is 0.569. The van der Waals surface area contributed by atoms with Gasteiger partial charge in [0.25, 0.3) is 0 Å². The van der Waals surface area contributed by atoms with Gasteiger partial charge in [-0.1, -0.05) is 48.5 Å². The molecule has 0 atom stereocenters. The van der Waals surface area contributed by atoms with Crippen molar-refractivity contribution < 1.29 is 8.78 Å². The molecule has 0 saturated heterocycles. The number of hydrogen-bond acceptors (Lipinski definition) is 2. The van der Waals surface area contributed by atoms with E-state index < -0.39 is 11.6 Å². The van der Waals surface area contributed by atoms with Crippen molar-refractivity contribution in [3.63, 3.8) is 0 Å². The smallest absolute Gasteiger partial charge is 0.156 e. The molecule has 0 aliphatic heterocycles. The summed E-state index contributed by atoms with van der Waals surface area (Å²) in [4.78, 5) is 0. The molecule has 4 aromatic rings. The van der Waals surface area contributed by atoms with Crippen molar-refractivity contribution in [2.75, 3.05) is 5.73 Å². The van der Waals surface area contributed by atoms with Crippen molar-refractivity contribution in [2.24, 2.45) is 0 Å². The monoisotopic (exact) mass is 320 g/mol. The van der Waals surface area contributed by atoms with Gasteiger partial charge in [-0.25, -0.2) is 8.78 Å². The average molecular weight is 320 g/mol.